The molecule has 4 nitrogen and oxygen atoms in total. The summed E-state index contributed by atoms with van der Waals surface area (Å²) in [5.74, 6) is 0.486. The number of rotatable bonds is 5. The number of hydrogen-bond donors (Lipinski definition) is 0. The molecule has 0 saturated heterocycles. The van der Waals surface area contributed by atoms with E-state index in [2.05, 4.69) is 16.3 Å². The Hall–Kier alpha value is -1.78. The molecule has 0 saturated carbocycles. The van der Waals surface area contributed by atoms with Crippen molar-refractivity contribution in [3.8, 4) is 23.1 Å². The van der Waals surface area contributed by atoms with Crippen LogP contribution in [0.15, 0.2) is 41.6 Å². The quantitative estimate of drug-likeness (QED) is 0.368. The highest BCUT2D eigenvalue weighted by Gasteiger charge is 2.19. The fourth-order valence-corrected chi connectivity index (χ4v) is 3.72. The van der Waals surface area contributed by atoms with Crippen LogP contribution in [0.4, 0.5) is 4.39 Å². The molecule has 26 heavy (non-hydrogen) atoms. The summed E-state index contributed by atoms with van der Waals surface area (Å²) in [5, 5.41) is 18.6. The largest absolute Gasteiger partial charge is 0.270 e. The molecule has 132 valence electrons. The highest BCUT2D eigenvalue weighted by Crippen LogP contribution is 2.34. The predicted molar refractivity (Wildman–Crippen MR) is 103 cm³/mol. The van der Waals surface area contributed by atoms with Crippen molar-refractivity contribution in [2.24, 2.45) is 0 Å². The first-order valence-corrected chi connectivity index (χ1v) is 9.49. The highest BCUT2D eigenvalue weighted by atomic mass is 35.5. The second-order valence-corrected chi connectivity index (χ2v) is 7.43. The Morgan fingerprint density at radius 1 is 1.08 bits per heavy atom. The van der Waals surface area contributed by atoms with Gasteiger partial charge in [-0.15, -0.1) is 10.2 Å². The first-order chi connectivity index (χ1) is 12.5. The van der Waals surface area contributed by atoms with Crippen molar-refractivity contribution in [1.82, 2.24) is 14.8 Å². The maximum atomic E-state index is 13.6. The van der Waals surface area contributed by atoms with E-state index in [-0.39, 0.29) is 5.02 Å². The van der Waals surface area contributed by atoms with Crippen molar-refractivity contribution in [2.75, 3.05) is 5.75 Å². The molecule has 0 bridgehead atoms. The van der Waals surface area contributed by atoms with Gasteiger partial charge in [-0.05, 0) is 36.4 Å². The summed E-state index contributed by atoms with van der Waals surface area (Å²) in [5.41, 5.74) is 1.21. The molecule has 0 spiro atoms. The number of nitrogens with zero attached hydrogens (tertiary/aromatic N) is 4. The SMILES string of the molecule is N#CCCSc1nnc(-c2ccc(Cl)cc2Cl)n1-c1ccc(F)c(Cl)c1. The van der Waals surface area contributed by atoms with Gasteiger partial charge in [0.05, 0.1) is 21.8 Å². The second-order valence-electron chi connectivity index (χ2n) is 5.12. The van der Waals surface area contributed by atoms with E-state index in [9.17, 15) is 4.39 Å². The van der Waals surface area contributed by atoms with Gasteiger partial charge in [-0.2, -0.15) is 5.26 Å². The predicted octanol–water partition coefficient (Wildman–Crippen LogP) is 6.04. The maximum absolute atomic E-state index is 13.6. The lowest BCUT2D eigenvalue weighted by Crippen LogP contribution is -2.01. The molecule has 2 aromatic carbocycles. The van der Waals surface area contributed by atoms with E-state index < -0.39 is 5.82 Å². The Balaban J connectivity index is 2.15. The van der Waals surface area contributed by atoms with Crippen molar-refractivity contribution in [2.45, 2.75) is 11.6 Å². The van der Waals surface area contributed by atoms with Gasteiger partial charge in [0, 0.05) is 22.8 Å². The van der Waals surface area contributed by atoms with Gasteiger partial charge in [0.25, 0.3) is 0 Å². The zero-order valence-electron chi connectivity index (χ0n) is 13.1. The van der Waals surface area contributed by atoms with E-state index >= 15 is 0 Å². The molecule has 3 rings (SSSR count). The van der Waals surface area contributed by atoms with Gasteiger partial charge in [0.1, 0.15) is 5.82 Å². The number of nitriles is 1. The Morgan fingerprint density at radius 3 is 2.58 bits per heavy atom. The minimum atomic E-state index is -0.520. The molecule has 0 aliphatic heterocycles. The molecule has 0 fully saturated rings. The molecule has 0 N–H and O–H groups in total. The van der Waals surface area contributed by atoms with Gasteiger partial charge in [0.2, 0.25) is 0 Å². The normalized spacial score (nSPS) is 10.7. The average molecular weight is 428 g/mol. The van der Waals surface area contributed by atoms with E-state index in [0.717, 1.165) is 0 Å². The third-order valence-corrected chi connectivity index (χ3v) is 5.18. The summed E-state index contributed by atoms with van der Waals surface area (Å²) in [6, 6.07) is 11.5. The molecule has 0 aliphatic rings. The fraction of sp³-hybridized carbons (Fsp3) is 0.118. The summed E-state index contributed by atoms with van der Waals surface area (Å²) in [7, 11) is 0. The van der Waals surface area contributed by atoms with Gasteiger partial charge in [0.15, 0.2) is 11.0 Å². The van der Waals surface area contributed by atoms with E-state index in [1.807, 2.05) is 0 Å². The molecular weight excluding hydrogens is 418 g/mol. The molecule has 0 atom stereocenters. The standard InChI is InChI=1S/C17H10Cl3FN4S/c18-10-2-4-12(13(19)8-10)16-23-24-17(26-7-1-6-22)25(16)11-3-5-15(21)14(20)9-11/h2-5,8-9H,1,7H2. The van der Waals surface area contributed by atoms with Crippen LogP contribution in [0.3, 0.4) is 0 Å². The minimum absolute atomic E-state index is 0.0164. The van der Waals surface area contributed by atoms with E-state index in [0.29, 0.717) is 44.5 Å². The first-order valence-electron chi connectivity index (χ1n) is 7.37. The zero-order chi connectivity index (χ0) is 18.7. The number of benzene rings is 2. The molecule has 9 heteroatoms. The van der Waals surface area contributed by atoms with Crippen LogP contribution in [0.25, 0.3) is 17.1 Å². The molecular formula is C17H10Cl3FN4S. The lowest BCUT2D eigenvalue weighted by Gasteiger charge is -2.12. The van der Waals surface area contributed by atoms with Gasteiger partial charge >= 0.3 is 0 Å². The van der Waals surface area contributed by atoms with Crippen LogP contribution in [0.5, 0.6) is 0 Å². The first kappa shape index (κ1) is 19.0. The van der Waals surface area contributed by atoms with Gasteiger partial charge in [-0.1, -0.05) is 46.6 Å². The summed E-state index contributed by atoms with van der Waals surface area (Å²) >= 11 is 19.6. The molecule has 1 aromatic heterocycles. The molecule has 3 aromatic rings. The van der Waals surface area contributed by atoms with Crippen molar-refractivity contribution in [3.63, 3.8) is 0 Å². The third kappa shape index (κ3) is 3.97. The van der Waals surface area contributed by atoms with Crippen LogP contribution in [0.2, 0.25) is 15.1 Å². The lowest BCUT2D eigenvalue weighted by molar-refractivity contribution is 0.627. The minimum Gasteiger partial charge on any atom is -0.270 e. The Bertz CT molecular complexity index is 1000. The fourth-order valence-electron chi connectivity index (χ4n) is 2.25. The second kappa shape index (κ2) is 8.28. The summed E-state index contributed by atoms with van der Waals surface area (Å²) in [6.07, 6.45) is 0.360. The monoisotopic (exact) mass is 426 g/mol. The van der Waals surface area contributed by atoms with Gasteiger partial charge < -0.3 is 0 Å². The molecule has 0 radical (unpaired) electrons. The average Bonchev–Trinajstić information content (AvgIpc) is 3.01. The Labute approximate surface area is 168 Å². The van der Waals surface area contributed by atoms with Crippen molar-refractivity contribution in [3.05, 3.63) is 57.3 Å². The van der Waals surface area contributed by atoms with Crippen LogP contribution in [0, 0.1) is 17.1 Å². The third-order valence-electron chi connectivity index (χ3n) is 3.41. The number of halogens is 4. The number of hydrogen-bond acceptors (Lipinski definition) is 4. The lowest BCUT2D eigenvalue weighted by atomic mass is 10.2. The zero-order valence-corrected chi connectivity index (χ0v) is 16.2. The summed E-state index contributed by atoms with van der Waals surface area (Å²) in [4.78, 5) is 0. The maximum Gasteiger partial charge on any atom is 0.196 e. The Morgan fingerprint density at radius 2 is 1.88 bits per heavy atom. The van der Waals surface area contributed by atoms with E-state index in [4.69, 9.17) is 40.1 Å². The van der Waals surface area contributed by atoms with Crippen LogP contribution >= 0.6 is 46.6 Å². The number of thioether (sulfide) groups is 1. The smallest absolute Gasteiger partial charge is 0.196 e. The van der Waals surface area contributed by atoms with Gasteiger partial charge in [-0.3, -0.25) is 4.57 Å². The molecule has 0 unspecified atom stereocenters. The highest BCUT2D eigenvalue weighted by molar-refractivity contribution is 7.99. The molecule has 1 heterocycles. The van der Waals surface area contributed by atoms with Crippen LogP contribution in [-0.2, 0) is 0 Å². The summed E-state index contributed by atoms with van der Waals surface area (Å²) < 4.78 is 15.3. The van der Waals surface area contributed by atoms with Crippen LogP contribution in [-0.4, -0.2) is 20.5 Å². The topological polar surface area (TPSA) is 54.5 Å². The van der Waals surface area contributed by atoms with Crippen molar-refractivity contribution < 1.29 is 4.39 Å². The van der Waals surface area contributed by atoms with Crippen molar-refractivity contribution >= 4 is 46.6 Å². The number of aromatic nitrogens is 3. The molecule has 0 amide bonds. The van der Waals surface area contributed by atoms with E-state index in [1.54, 1.807) is 28.8 Å². The van der Waals surface area contributed by atoms with Gasteiger partial charge in [-0.25, -0.2) is 4.39 Å². The van der Waals surface area contributed by atoms with Crippen molar-refractivity contribution in [1.29, 1.82) is 5.26 Å². The van der Waals surface area contributed by atoms with Crippen LogP contribution < -0.4 is 0 Å². The Kier molecular flexibility index (Phi) is 6.05. The van der Waals surface area contributed by atoms with E-state index in [1.165, 1.54) is 23.9 Å². The summed E-state index contributed by atoms with van der Waals surface area (Å²) in [6.45, 7) is 0. The molecule has 0 aliphatic carbocycles. The van der Waals surface area contributed by atoms with Crippen LogP contribution in [0.1, 0.15) is 6.42 Å².